The number of nitrogens with zero attached hydrogens (tertiary/aromatic N) is 5. The van der Waals surface area contributed by atoms with Crippen molar-refractivity contribution < 1.29 is 9.18 Å². The molecule has 1 aromatic carbocycles. The van der Waals surface area contributed by atoms with Gasteiger partial charge in [-0.1, -0.05) is 0 Å². The zero-order valence-electron chi connectivity index (χ0n) is 13.0. The number of amides is 1. The van der Waals surface area contributed by atoms with Crippen LogP contribution in [0.4, 0.5) is 4.39 Å². The molecule has 3 heterocycles. The number of H-pyrrole nitrogens is 1. The van der Waals surface area contributed by atoms with Crippen LogP contribution in [-0.4, -0.2) is 42.3 Å². The second kappa shape index (κ2) is 5.55. The Bertz CT molecular complexity index is 898. The first kappa shape index (κ1) is 14.6. The molecule has 8 heteroatoms. The van der Waals surface area contributed by atoms with Gasteiger partial charge in [0.1, 0.15) is 17.3 Å². The highest BCUT2D eigenvalue weighted by atomic mass is 19.1. The van der Waals surface area contributed by atoms with Gasteiger partial charge in [0.25, 0.3) is 5.91 Å². The van der Waals surface area contributed by atoms with Crippen molar-refractivity contribution in [3.63, 3.8) is 0 Å². The van der Waals surface area contributed by atoms with E-state index in [0.717, 1.165) is 17.2 Å². The summed E-state index contributed by atoms with van der Waals surface area (Å²) in [6.07, 6.45) is 0. The summed E-state index contributed by atoms with van der Waals surface area (Å²) >= 11 is 0. The summed E-state index contributed by atoms with van der Waals surface area (Å²) in [5.74, 6) is 1.20. The number of carbonyl (C=O) groups is 1. The molecule has 7 nitrogen and oxygen atoms in total. The van der Waals surface area contributed by atoms with Gasteiger partial charge in [-0.15, -0.1) is 10.2 Å². The number of carbonyl (C=O) groups excluding carboxylic acids is 1. The van der Waals surface area contributed by atoms with Crippen molar-refractivity contribution in [1.29, 1.82) is 0 Å². The topological polar surface area (TPSA) is 79.7 Å². The minimum atomic E-state index is -0.307. The largest absolute Gasteiger partial charge is 0.328 e. The standard InChI is InChI=1S/C16H15FN6O/c1-10-18-21-15-9-22(6-7-23(10)15)16(24)14-8-13(19-20-14)11-2-4-12(17)5-3-11/h2-5,8H,6-7,9H2,1H3,(H,19,20). The smallest absolute Gasteiger partial charge is 0.272 e. The SMILES string of the molecule is Cc1nnc2n1CCN(C(=O)c1cc(-c3ccc(F)cc3)n[nH]1)C2. The maximum absolute atomic E-state index is 13.0. The van der Waals surface area contributed by atoms with Crippen molar-refractivity contribution in [2.75, 3.05) is 6.54 Å². The first-order chi connectivity index (χ1) is 11.6. The van der Waals surface area contributed by atoms with Crippen molar-refractivity contribution in [2.24, 2.45) is 0 Å². The second-order valence-electron chi connectivity index (χ2n) is 5.72. The van der Waals surface area contributed by atoms with E-state index < -0.39 is 0 Å². The summed E-state index contributed by atoms with van der Waals surface area (Å²) in [5, 5.41) is 15.1. The summed E-state index contributed by atoms with van der Waals surface area (Å²) in [5.41, 5.74) is 1.76. The minimum Gasteiger partial charge on any atom is -0.328 e. The van der Waals surface area contributed by atoms with Gasteiger partial charge in [-0.05, 0) is 37.3 Å². The number of benzene rings is 1. The Morgan fingerprint density at radius 1 is 1.21 bits per heavy atom. The zero-order valence-corrected chi connectivity index (χ0v) is 13.0. The van der Waals surface area contributed by atoms with E-state index in [2.05, 4.69) is 20.4 Å². The number of nitrogens with one attached hydrogen (secondary N) is 1. The average Bonchev–Trinajstić information content (AvgIpc) is 3.22. The maximum atomic E-state index is 13.0. The third-order valence-electron chi connectivity index (χ3n) is 4.17. The van der Waals surface area contributed by atoms with Crippen LogP contribution in [0.2, 0.25) is 0 Å². The molecule has 0 atom stereocenters. The van der Waals surface area contributed by atoms with E-state index in [1.165, 1.54) is 12.1 Å². The Morgan fingerprint density at radius 2 is 2.00 bits per heavy atom. The molecular formula is C16H15FN6O. The maximum Gasteiger partial charge on any atom is 0.272 e. The van der Waals surface area contributed by atoms with Crippen molar-refractivity contribution in [3.8, 4) is 11.3 Å². The van der Waals surface area contributed by atoms with Gasteiger partial charge in [0.15, 0.2) is 5.82 Å². The first-order valence-electron chi connectivity index (χ1n) is 7.61. The van der Waals surface area contributed by atoms with E-state index in [0.29, 0.717) is 31.0 Å². The van der Waals surface area contributed by atoms with Gasteiger partial charge in [0.2, 0.25) is 0 Å². The molecule has 1 aliphatic rings. The van der Waals surface area contributed by atoms with Crippen molar-refractivity contribution in [2.45, 2.75) is 20.0 Å². The lowest BCUT2D eigenvalue weighted by Crippen LogP contribution is -2.38. The van der Waals surface area contributed by atoms with Crippen LogP contribution in [0, 0.1) is 12.7 Å². The van der Waals surface area contributed by atoms with E-state index in [1.807, 2.05) is 11.5 Å². The predicted octanol–water partition coefficient (Wildman–Crippen LogP) is 1.77. The van der Waals surface area contributed by atoms with E-state index in [1.54, 1.807) is 23.1 Å². The average molecular weight is 326 g/mol. The highest BCUT2D eigenvalue weighted by molar-refractivity contribution is 5.93. The van der Waals surface area contributed by atoms with Gasteiger partial charge in [-0.25, -0.2) is 4.39 Å². The normalized spacial score (nSPS) is 13.8. The van der Waals surface area contributed by atoms with E-state index in [-0.39, 0.29) is 11.7 Å². The fourth-order valence-corrected chi connectivity index (χ4v) is 2.85. The Balaban J connectivity index is 1.54. The molecule has 0 saturated carbocycles. The molecule has 4 rings (SSSR count). The third-order valence-corrected chi connectivity index (χ3v) is 4.17. The number of fused-ring (bicyclic) bond motifs is 1. The summed E-state index contributed by atoms with van der Waals surface area (Å²) in [7, 11) is 0. The highest BCUT2D eigenvalue weighted by Crippen LogP contribution is 2.20. The molecule has 0 unspecified atom stereocenters. The second-order valence-corrected chi connectivity index (χ2v) is 5.72. The Morgan fingerprint density at radius 3 is 2.79 bits per heavy atom. The molecule has 1 N–H and O–H groups in total. The molecule has 0 saturated heterocycles. The van der Waals surface area contributed by atoms with Gasteiger partial charge >= 0.3 is 0 Å². The van der Waals surface area contributed by atoms with Crippen LogP contribution in [-0.2, 0) is 13.1 Å². The van der Waals surface area contributed by atoms with E-state index in [4.69, 9.17) is 0 Å². The number of aromatic amines is 1. The van der Waals surface area contributed by atoms with Crippen LogP contribution in [0.15, 0.2) is 30.3 Å². The van der Waals surface area contributed by atoms with Crippen molar-refractivity contribution in [3.05, 3.63) is 53.5 Å². The molecule has 3 aromatic rings. The Kier molecular flexibility index (Phi) is 3.37. The number of aromatic nitrogens is 5. The molecular weight excluding hydrogens is 311 g/mol. The third kappa shape index (κ3) is 2.45. The number of rotatable bonds is 2. The number of aryl methyl sites for hydroxylation is 1. The van der Waals surface area contributed by atoms with Crippen LogP contribution in [0.1, 0.15) is 22.1 Å². The molecule has 24 heavy (non-hydrogen) atoms. The van der Waals surface area contributed by atoms with E-state index in [9.17, 15) is 9.18 Å². The van der Waals surface area contributed by atoms with Gasteiger partial charge in [0, 0.05) is 18.7 Å². The van der Waals surface area contributed by atoms with E-state index >= 15 is 0 Å². The molecule has 0 fully saturated rings. The number of halogens is 1. The molecule has 122 valence electrons. The van der Waals surface area contributed by atoms with Crippen molar-refractivity contribution >= 4 is 5.91 Å². The molecule has 0 spiro atoms. The van der Waals surface area contributed by atoms with Gasteiger partial charge in [-0.3, -0.25) is 9.89 Å². The predicted molar refractivity (Wildman–Crippen MR) is 83.5 cm³/mol. The van der Waals surface area contributed by atoms with Gasteiger partial charge < -0.3 is 9.47 Å². The van der Waals surface area contributed by atoms with Crippen LogP contribution < -0.4 is 0 Å². The zero-order chi connectivity index (χ0) is 16.7. The van der Waals surface area contributed by atoms with Crippen molar-refractivity contribution in [1.82, 2.24) is 29.9 Å². The summed E-state index contributed by atoms with van der Waals surface area (Å²) in [4.78, 5) is 14.4. The summed E-state index contributed by atoms with van der Waals surface area (Å²) in [6, 6.07) is 7.68. The molecule has 2 aromatic heterocycles. The lowest BCUT2D eigenvalue weighted by Gasteiger charge is -2.27. The lowest BCUT2D eigenvalue weighted by atomic mass is 10.1. The number of hydrogen-bond donors (Lipinski definition) is 1. The minimum absolute atomic E-state index is 0.136. The molecule has 1 amide bonds. The molecule has 0 bridgehead atoms. The fraction of sp³-hybridized carbons (Fsp3) is 0.250. The first-order valence-corrected chi connectivity index (χ1v) is 7.61. The summed E-state index contributed by atoms with van der Waals surface area (Å²) < 4.78 is 15.0. The lowest BCUT2D eigenvalue weighted by molar-refractivity contribution is 0.0700. The van der Waals surface area contributed by atoms with Crippen LogP contribution in [0.5, 0.6) is 0 Å². The van der Waals surface area contributed by atoms with Gasteiger partial charge in [0.05, 0.1) is 12.2 Å². The monoisotopic (exact) mass is 326 g/mol. The van der Waals surface area contributed by atoms with Crippen LogP contribution in [0.3, 0.4) is 0 Å². The highest BCUT2D eigenvalue weighted by Gasteiger charge is 2.25. The molecule has 0 radical (unpaired) electrons. The molecule has 1 aliphatic heterocycles. The quantitative estimate of drug-likeness (QED) is 0.778. The fourth-order valence-electron chi connectivity index (χ4n) is 2.85. The van der Waals surface area contributed by atoms with Gasteiger partial charge in [-0.2, -0.15) is 5.10 Å². The van der Waals surface area contributed by atoms with Crippen LogP contribution >= 0.6 is 0 Å². The Labute approximate surface area is 137 Å². The molecule has 0 aliphatic carbocycles. The van der Waals surface area contributed by atoms with Crippen LogP contribution in [0.25, 0.3) is 11.3 Å². The summed E-state index contributed by atoms with van der Waals surface area (Å²) in [6.45, 7) is 3.59. The number of hydrogen-bond acceptors (Lipinski definition) is 4. The Hall–Kier alpha value is -3.03.